The van der Waals surface area contributed by atoms with E-state index in [0.717, 1.165) is 11.4 Å². The first-order valence-electron chi connectivity index (χ1n) is 10.8. The highest BCUT2D eigenvalue weighted by Gasteiger charge is 2.40. The van der Waals surface area contributed by atoms with E-state index in [1.54, 1.807) is 24.3 Å². The molecule has 0 aliphatic carbocycles. The maximum Gasteiger partial charge on any atom is 0.298 e. The monoisotopic (exact) mass is 451 g/mol. The normalized spacial score (nSPS) is 17.6. The number of hydrogen-bond donors (Lipinski definition) is 0. The molecule has 1 amide bonds. The van der Waals surface area contributed by atoms with Gasteiger partial charge in [-0.05, 0) is 36.8 Å². The zero-order chi connectivity index (χ0) is 22.0. The highest BCUT2D eigenvalue weighted by atomic mass is 32.1. The van der Waals surface area contributed by atoms with Crippen LogP contribution < -0.4 is 4.74 Å². The number of rotatable bonds is 5. The first-order chi connectivity index (χ1) is 15.6. The minimum absolute atomic E-state index is 0.0145. The number of benzene rings is 2. The molecule has 0 saturated carbocycles. The van der Waals surface area contributed by atoms with Gasteiger partial charge >= 0.3 is 0 Å². The average molecular weight is 452 g/mol. The molecule has 8 heteroatoms. The molecule has 0 N–H and O–H groups in total. The highest BCUT2D eigenvalue weighted by molar-refractivity contribution is 7.07. The predicted molar refractivity (Wildman–Crippen MR) is 120 cm³/mol. The summed E-state index contributed by atoms with van der Waals surface area (Å²) in [6.07, 6.45) is 2.09. The van der Waals surface area contributed by atoms with E-state index in [1.165, 1.54) is 17.1 Å². The molecule has 7 nitrogen and oxygen atoms in total. The Hall–Kier alpha value is -2.81. The van der Waals surface area contributed by atoms with Crippen molar-refractivity contribution in [2.45, 2.75) is 32.0 Å². The summed E-state index contributed by atoms with van der Waals surface area (Å²) in [7, 11) is 0. The fourth-order valence-electron chi connectivity index (χ4n) is 4.02. The lowest BCUT2D eigenvalue weighted by molar-refractivity contribution is -0.181. The standard InChI is InChI=1S/C24H25N3O4S/c1-17-2-4-18(5-3-17)16-21-25-23(32-26-21)31-20-8-6-19(7-9-20)22(28)27-12-10-24(11-13-27)29-14-15-30-24/h2-9H,10-16H2,1H3. The van der Waals surface area contributed by atoms with Gasteiger partial charge < -0.3 is 19.1 Å². The Morgan fingerprint density at radius 2 is 1.75 bits per heavy atom. The third-order valence-corrected chi connectivity index (χ3v) is 6.50. The van der Waals surface area contributed by atoms with Crippen LogP contribution in [-0.2, 0) is 15.9 Å². The smallest absolute Gasteiger partial charge is 0.298 e. The fraction of sp³-hybridized carbons (Fsp3) is 0.375. The van der Waals surface area contributed by atoms with Gasteiger partial charge in [-0.25, -0.2) is 0 Å². The van der Waals surface area contributed by atoms with Crippen molar-refractivity contribution >= 4 is 17.4 Å². The lowest BCUT2D eigenvalue weighted by atomic mass is 10.0. The summed E-state index contributed by atoms with van der Waals surface area (Å²) in [4.78, 5) is 19.2. The summed E-state index contributed by atoms with van der Waals surface area (Å²) in [5.74, 6) is 0.901. The van der Waals surface area contributed by atoms with Gasteiger partial charge in [-0.15, -0.1) is 0 Å². The number of likely N-dealkylation sites (tertiary alicyclic amines) is 1. The Morgan fingerprint density at radius 3 is 2.44 bits per heavy atom. The molecule has 0 bridgehead atoms. The third kappa shape index (κ3) is 4.67. The molecule has 2 aromatic carbocycles. The van der Waals surface area contributed by atoms with Gasteiger partial charge in [0.1, 0.15) is 5.75 Å². The SMILES string of the molecule is Cc1ccc(Cc2nsc(Oc3ccc(C(=O)N4CCC5(CC4)OCCO5)cc3)n2)cc1. The maximum atomic E-state index is 12.9. The molecule has 2 saturated heterocycles. The Bertz CT molecular complexity index is 1070. The third-order valence-electron chi connectivity index (χ3n) is 5.86. The van der Waals surface area contributed by atoms with Gasteiger partial charge in [0.2, 0.25) is 0 Å². The number of hydrogen-bond acceptors (Lipinski definition) is 7. The van der Waals surface area contributed by atoms with E-state index in [0.29, 0.717) is 62.1 Å². The minimum atomic E-state index is -0.478. The van der Waals surface area contributed by atoms with Gasteiger partial charge in [-0.1, -0.05) is 29.8 Å². The second-order valence-corrected chi connectivity index (χ2v) is 8.88. The number of amides is 1. The summed E-state index contributed by atoms with van der Waals surface area (Å²) >= 11 is 1.23. The molecule has 2 fully saturated rings. The summed E-state index contributed by atoms with van der Waals surface area (Å²) in [6.45, 7) is 4.60. The molecule has 2 aliphatic rings. The molecule has 0 atom stereocenters. The van der Waals surface area contributed by atoms with E-state index in [1.807, 2.05) is 4.90 Å². The van der Waals surface area contributed by atoms with Crippen LogP contribution >= 0.6 is 11.5 Å². The van der Waals surface area contributed by atoms with Crippen molar-refractivity contribution in [2.75, 3.05) is 26.3 Å². The first-order valence-corrected chi connectivity index (χ1v) is 11.6. The van der Waals surface area contributed by atoms with Crippen molar-refractivity contribution in [3.63, 3.8) is 0 Å². The molecule has 3 heterocycles. The van der Waals surface area contributed by atoms with E-state index < -0.39 is 5.79 Å². The van der Waals surface area contributed by atoms with Crippen LogP contribution in [0.4, 0.5) is 0 Å². The highest BCUT2D eigenvalue weighted by Crippen LogP contribution is 2.32. The van der Waals surface area contributed by atoms with Crippen molar-refractivity contribution in [1.29, 1.82) is 0 Å². The van der Waals surface area contributed by atoms with Crippen molar-refractivity contribution in [2.24, 2.45) is 0 Å². The molecule has 0 unspecified atom stereocenters. The van der Waals surface area contributed by atoms with Crippen LogP contribution in [0.2, 0.25) is 0 Å². The molecule has 2 aliphatic heterocycles. The number of aryl methyl sites for hydroxylation is 1. The second-order valence-electron chi connectivity index (χ2n) is 8.17. The van der Waals surface area contributed by atoms with E-state index in [2.05, 4.69) is 40.5 Å². The van der Waals surface area contributed by atoms with E-state index >= 15 is 0 Å². The average Bonchev–Trinajstić information content (AvgIpc) is 3.46. The van der Waals surface area contributed by atoms with Gasteiger partial charge in [-0.2, -0.15) is 9.36 Å². The maximum absolute atomic E-state index is 12.9. The number of carbonyl (C=O) groups is 1. The Balaban J connectivity index is 1.17. The summed E-state index contributed by atoms with van der Waals surface area (Å²) in [6, 6.07) is 15.5. The molecular formula is C24H25N3O4S. The van der Waals surface area contributed by atoms with E-state index in [-0.39, 0.29) is 5.91 Å². The van der Waals surface area contributed by atoms with Crippen molar-refractivity contribution in [3.05, 3.63) is 71.0 Å². The van der Waals surface area contributed by atoms with Crippen molar-refractivity contribution in [1.82, 2.24) is 14.3 Å². The van der Waals surface area contributed by atoms with E-state index in [9.17, 15) is 4.79 Å². The van der Waals surface area contributed by atoms with Crippen LogP contribution in [0.5, 0.6) is 10.9 Å². The molecule has 166 valence electrons. The Kier molecular flexibility index (Phi) is 5.91. The molecule has 1 aromatic heterocycles. The summed E-state index contributed by atoms with van der Waals surface area (Å²) < 4.78 is 21.7. The van der Waals surface area contributed by atoms with E-state index in [4.69, 9.17) is 14.2 Å². The molecule has 5 rings (SSSR count). The fourth-order valence-corrected chi connectivity index (χ4v) is 4.59. The number of carbonyl (C=O) groups excluding carboxylic acids is 1. The van der Waals surface area contributed by atoms with Crippen molar-refractivity contribution in [3.8, 4) is 10.9 Å². The van der Waals surface area contributed by atoms with Gasteiger partial charge in [0, 0.05) is 49.4 Å². The number of ether oxygens (including phenoxy) is 3. The zero-order valence-electron chi connectivity index (χ0n) is 18.0. The predicted octanol–water partition coefficient (Wildman–Crippen LogP) is 4.21. The molecule has 0 radical (unpaired) electrons. The largest absolute Gasteiger partial charge is 0.430 e. The van der Waals surface area contributed by atoms with Crippen LogP contribution in [-0.4, -0.2) is 52.3 Å². The van der Waals surface area contributed by atoms with Gasteiger partial charge in [0.15, 0.2) is 11.6 Å². The van der Waals surface area contributed by atoms with Gasteiger partial charge in [-0.3, -0.25) is 4.79 Å². The van der Waals surface area contributed by atoms with Gasteiger partial charge in [0.25, 0.3) is 11.1 Å². The molecule has 32 heavy (non-hydrogen) atoms. The number of piperidine rings is 1. The quantitative estimate of drug-likeness (QED) is 0.579. The molecule has 1 spiro atoms. The summed E-state index contributed by atoms with van der Waals surface area (Å²) in [5.41, 5.74) is 3.03. The zero-order valence-corrected chi connectivity index (χ0v) is 18.8. The number of aromatic nitrogens is 2. The van der Waals surface area contributed by atoms with Crippen LogP contribution in [0.25, 0.3) is 0 Å². The van der Waals surface area contributed by atoms with Crippen LogP contribution in [0.15, 0.2) is 48.5 Å². The lowest BCUT2D eigenvalue weighted by Crippen LogP contribution is -2.47. The van der Waals surface area contributed by atoms with Gasteiger partial charge in [0.05, 0.1) is 13.2 Å². The second kappa shape index (κ2) is 8.97. The lowest BCUT2D eigenvalue weighted by Gasteiger charge is -2.37. The van der Waals surface area contributed by atoms with Crippen LogP contribution in [0.1, 0.15) is 40.2 Å². The summed E-state index contributed by atoms with van der Waals surface area (Å²) in [5, 5.41) is 0.490. The Morgan fingerprint density at radius 1 is 1.06 bits per heavy atom. The number of nitrogens with zero attached hydrogens (tertiary/aromatic N) is 3. The Labute approximate surface area is 191 Å². The molecule has 3 aromatic rings. The minimum Gasteiger partial charge on any atom is -0.430 e. The molecular weight excluding hydrogens is 426 g/mol. The topological polar surface area (TPSA) is 73.8 Å². The first kappa shape index (κ1) is 21.1. The van der Waals surface area contributed by atoms with Crippen LogP contribution in [0, 0.1) is 6.92 Å². The van der Waals surface area contributed by atoms with Crippen molar-refractivity contribution < 1.29 is 19.0 Å². The van der Waals surface area contributed by atoms with Crippen LogP contribution in [0.3, 0.4) is 0 Å².